The number of fused-ring (bicyclic) bond motifs is 1. The van der Waals surface area contributed by atoms with Crippen molar-refractivity contribution < 1.29 is 23.9 Å². The van der Waals surface area contributed by atoms with E-state index in [0.717, 1.165) is 16.0 Å². The molecular weight excluding hydrogens is 398 g/mol. The number of nitrogens with one attached hydrogen (secondary N) is 1. The molecule has 2 heterocycles. The standard InChI is InChI=1S/C23H25N3O5/c1-2-25(13-17-9-11-19-20(12-17)31-15-30-19)21(27)14-26-22(28)18(24-23(26)29)10-8-16-6-4-3-5-7-16/h3-7,9,11-12,18H,2,8,10,13-15H2,1H3,(H,24,29). The second-order valence-electron chi connectivity index (χ2n) is 7.55. The number of benzene rings is 2. The molecule has 2 aliphatic heterocycles. The second-order valence-corrected chi connectivity index (χ2v) is 7.55. The predicted molar refractivity (Wildman–Crippen MR) is 112 cm³/mol. The minimum atomic E-state index is -0.607. The molecule has 8 heteroatoms. The maximum absolute atomic E-state index is 12.8. The summed E-state index contributed by atoms with van der Waals surface area (Å²) in [6, 6.07) is 14.2. The molecule has 0 saturated carbocycles. The fraction of sp³-hybridized carbons (Fsp3) is 0.348. The van der Waals surface area contributed by atoms with Gasteiger partial charge in [-0.1, -0.05) is 36.4 Å². The molecule has 1 N–H and O–H groups in total. The zero-order chi connectivity index (χ0) is 21.8. The van der Waals surface area contributed by atoms with E-state index in [2.05, 4.69) is 5.32 Å². The molecule has 1 atom stereocenters. The van der Waals surface area contributed by atoms with Crippen molar-refractivity contribution in [3.05, 3.63) is 59.7 Å². The lowest BCUT2D eigenvalue weighted by atomic mass is 10.1. The van der Waals surface area contributed by atoms with E-state index in [0.29, 0.717) is 37.4 Å². The SMILES string of the molecule is CCN(Cc1ccc2c(c1)OCO2)C(=O)CN1C(=O)NC(CCc2ccccc2)C1=O. The number of aryl methyl sites for hydroxylation is 1. The molecule has 0 aromatic heterocycles. The van der Waals surface area contributed by atoms with Crippen LogP contribution in [0.3, 0.4) is 0 Å². The summed E-state index contributed by atoms with van der Waals surface area (Å²) in [7, 11) is 0. The Balaban J connectivity index is 1.35. The number of ether oxygens (including phenoxy) is 2. The molecule has 4 amide bonds. The Bertz CT molecular complexity index is 978. The third-order valence-electron chi connectivity index (χ3n) is 5.51. The van der Waals surface area contributed by atoms with Crippen molar-refractivity contribution in [1.29, 1.82) is 0 Å². The van der Waals surface area contributed by atoms with Crippen molar-refractivity contribution in [3.63, 3.8) is 0 Å². The van der Waals surface area contributed by atoms with E-state index >= 15 is 0 Å². The molecule has 0 aliphatic carbocycles. The zero-order valence-corrected chi connectivity index (χ0v) is 17.4. The lowest BCUT2D eigenvalue weighted by molar-refractivity contribution is -0.137. The minimum absolute atomic E-state index is 0.187. The Morgan fingerprint density at radius 1 is 1.10 bits per heavy atom. The number of nitrogens with zero attached hydrogens (tertiary/aromatic N) is 2. The van der Waals surface area contributed by atoms with E-state index in [9.17, 15) is 14.4 Å². The van der Waals surface area contributed by atoms with Gasteiger partial charge in [0, 0.05) is 13.1 Å². The van der Waals surface area contributed by atoms with Crippen molar-refractivity contribution in [2.24, 2.45) is 0 Å². The van der Waals surface area contributed by atoms with E-state index < -0.39 is 12.1 Å². The summed E-state index contributed by atoms with van der Waals surface area (Å²) in [5.74, 6) is 0.691. The average molecular weight is 423 g/mol. The van der Waals surface area contributed by atoms with Crippen LogP contribution in [0.5, 0.6) is 11.5 Å². The molecule has 2 aromatic rings. The van der Waals surface area contributed by atoms with Gasteiger partial charge in [0.2, 0.25) is 12.7 Å². The molecule has 1 saturated heterocycles. The van der Waals surface area contributed by atoms with E-state index in [1.807, 2.05) is 55.5 Å². The molecule has 1 fully saturated rings. The van der Waals surface area contributed by atoms with Gasteiger partial charge >= 0.3 is 6.03 Å². The van der Waals surface area contributed by atoms with Gasteiger partial charge in [-0.25, -0.2) is 4.79 Å². The van der Waals surface area contributed by atoms with Gasteiger partial charge in [-0.05, 0) is 43.0 Å². The first-order chi connectivity index (χ1) is 15.0. The van der Waals surface area contributed by atoms with Gasteiger partial charge in [0.1, 0.15) is 12.6 Å². The number of imide groups is 1. The van der Waals surface area contributed by atoms with Crippen LogP contribution < -0.4 is 14.8 Å². The highest BCUT2D eigenvalue weighted by Gasteiger charge is 2.39. The minimum Gasteiger partial charge on any atom is -0.454 e. The largest absolute Gasteiger partial charge is 0.454 e. The summed E-state index contributed by atoms with van der Waals surface area (Å²) in [5.41, 5.74) is 1.98. The third kappa shape index (κ3) is 4.63. The van der Waals surface area contributed by atoms with E-state index in [1.165, 1.54) is 0 Å². The normalized spacial score (nSPS) is 17.1. The summed E-state index contributed by atoms with van der Waals surface area (Å²) in [5, 5.41) is 2.70. The molecule has 8 nitrogen and oxygen atoms in total. The van der Waals surface area contributed by atoms with Crippen molar-refractivity contribution in [3.8, 4) is 11.5 Å². The molecular formula is C23H25N3O5. The van der Waals surface area contributed by atoms with Crippen LogP contribution in [0.25, 0.3) is 0 Å². The lowest BCUT2D eigenvalue weighted by Crippen LogP contribution is -2.43. The van der Waals surface area contributed by atoms with Gasteiger partial charge in [-0.2, -0.15) is 0 Å². The Kier molecular flexibility index (Phi) is 6.06. The van der Waals surface area contributed by atoms with Gasteiger partial charge < -0.3 is 19.7 Å². The second kappa shape index (κ2) is 9.07. The van der Waals surface area contributed by atoms with Crippen LogP contribution in [0.4, 0.5) is 4.79 Å². The molecule has 2 aliphatic rings. The Hall–Kier alpha value is -3.55. The van der Waals surface area contributed by atoms with Crippen molar-refractivity contribution in [2.45, 2.75) is 32.4 Å². The van der Waals surface area contributed by atoms with Gasteiger partial charge in [0.25, 0.3) is 5.91 Å². The molecule has 31 heavy (non-hydrogen) atoms. The number of likely N-dealkylation sites (N-methyl/N-ethyl adjacent to an activating group) is 1. The maximum atomic E-state index is 12.8. The Labute approximate surface area is 180 Å². The zero-order valence-electron chi connectivity index (χ0n) is 17.4. The smallest absolute Gasteiger partial charge is 0.325 e. The fourth-order valence-electron chi connectivity index (χ4n) is 3.75. The van der Waals surface area contributed by atoms with Crippen LogP contribution in [0.15, 0.2) is 48.5 Å². The summed E-state index contributed by atoms with van der Waals surface area (Å²) < 4.78 is 10.7. The summed E-state index contributed by atoms with van der Waals surface area (Å²) in [4.78, 5) is 40.5. The molecule has 2 aromatic carbocycles. The van der Waals surface area contributed by atoms with Crippen molar-refractivity contribution in [1.82, 2.24) is 15.1 Å². The van der Waals surface area contributed by atoms with Gasteiger partial charge in [-0.15, -0.1) is 0 Å². The first-order valence-corrected chi connectivity index (χ1v) is 10.4. The van der Waals surface area contributed by atoms with Gasteiger partial charge in [-0.3, -0.25) is 14.5 Å². The maximum Gasteiger partial charge on any atom is 0.325 e. The number of urea groups is 1. The summed E-state index contributed by atoms with van der Waals surface area (Å²) >= 11 is 0. The number of hydrogen-bond acceptors (Lipinski definition) is 5. The van der Waals surface area contributed by atoms with Crippen molar-refractivity contribution in [2.75, 3.05) is 19.9 Å². The monoisotopic (exact) mass is 423 g/mol. The first-order valence-electron chi connectivity index (χ1n) is 10.4. The molecule has 1 unspecified atom stereocenters. The van der Waals surface area contributed by atoms with Crippen LogP contribution in [0, 0.1) is 0 Å². The van der Waals surface area contributed by atoms with Crippen molar-refractivity contribution >= 4 is 17.8 Å². The Morgan fingerprint density at radius 3 is 2.65 bits per heavy atom. The molecule has 4 rings (SSSR count). The number of rotatable bonds is 8. The van der Waals surface area contributed by atoms with E-state index in [-0.39, 0.29) is 25.2 Å². The van der Waals surface area contributed by atoms with E-state index in [4.69, 9.17) is 9.47 Å². The van der Waals surface area contributed by atoms with E-state index in [1.54, 1.807) is 4.90 Å². The number of hydrogen-bond donors (Lipinski definition) is 1. The topological polar surface area (TPSA) is 88.2 Å². The van der Waals surface area contributed by atoms with Crippen LogP contribution in [-0.2, 0) is 22.6 Å². The summed E-state index contributed by atoms with van der Waals surface area (Å²) in [6.45, 7) is 2.58. The van der Waals surface area contributed by atoms with Crippen LogP contribution in [-0.4, -0.2) is 53.6 Å². The molecule has 0 bridgehead atoms. The number of carbonyl (C=O) groups excluding carboxylic acids is 3. The molecule has 0 radical (unpaired) electrons. The third-order valence-corrected chi connectivity index (χ3v) is 5.51. The number of carbonyl (C=O) groups is 3. The van der Waals surface area contributed by atoms with Crippen LogP contribution in [0.1, 0.15) is 24.5 Å². The fourth-order valence-corrected chi connectivity index (χ4v) is 3.75. The highest BCUT2D eigenvalue weighted by molar-refractivity contribution is 6.06. The predicted octanol–water partition coefficient (Wildman–Crippen LogP) is 2.32. The number of amides is 4. The van der Waals surface area contributed by atoms with Gasteiger partial charge in [0.15, 0.2) is 11.5 Å². The lowest BCUT2D eigenvalue weighted by Gasteiger charge is -2.23. The van der Waals surface area contributed by atoms with Crippen LogP contribution >= 0.6 is 0 Å². The highest BCUT2D eigenvalue weighted by atomic mass is 16.7. The quantitative estimate of drug-likeness (QED) is 0.659. The molecule has 162 valence electrons. The first kappa shape index (κ1) is 20.7. The Morgan fingerprint density at radius 2 is 1.87 bits per heavy atom. The molecule has 0 spiro atoms. The highest BCUT2D eigenvalue weighted by Crippen LogP contribution is 2.32. The van der Waals surface area contributed by atoms with Crippen LogP contribution in [0.2, 0.25) is 0 Å². The average Bonchev–Trinajstić information content (AvgIpc) is 3.36. The summed E-state index contributed by atoms with van der Waals surface area (Å²) in [6.07, 6.45) is 1.17. The van der Waals surface area contributed by atoms with Gasteiger partial charge in [0.05, 0.1) is 0 Å².